The van der Waals surface area contributed by atoms with E-state index in [9.17, 15) is 14.4 Å². The van der Waals surface area contributed by atoms with Crippen molar-refractivity contribution in [1.82, 2.24) is 19.7 Å². The maximum atomic E-state index is 13.1. The van der Waals surface area contributed by atoms with Gasteiger partial charge in [-0.1, -0.05) is 41.9 Å². The van der Waals surface area contributed by atoms with Crippen LogP contribution in [0.1, 0.15) is 11.1 Å². The molecule has 0 radical (unpaired) electrons. The number of benzene rings is 2. The number of halogens is 1. The first-order chi connectivity index (χ1) is 16.5. The zero-order valence-corrected chi connectivity index (χ0v) is 18.4. The summed E-state index contributed by atoms with van der Waals surface area (Å²) in [4.78, 5) is 45.7. The number of hydrogen-bond donors (Lipinski definition) is 2. The molecule has 0 saturated heterocycles. The molecular weight excluding hydrogens is 456 g/mol. The molecule has 0 atom stereocenters. The third-order valence-electron chi connectivity index (χ3n) is 5.32. The molecule has 0 aliphatic carbocycles. The third-order valence-corrected chi connectivity index (χ3v) is 5.56. The van der Waals surface area contributed by atoms with Crippen LogP contribution in [0.3, 0.4) is 0 Å². The Kier molecular flexibility index (Phi) is 5.60. The number of fused-ring (bicyclic) bond motifs is 2. The van der Waals surface area contributed by atoms with Crippen molar-refractivity contribution in [2.45, 2.75) is 13.1 Å². The number of rotatable bonds is 5. The highest BCUT2D eigenvalue weighted by molar-refractivity contribution is 6.31. The average molecular weight is 473 g/mol. The van der Waals surface area contributed by atoms with Crippen molar-refractivity contribution in [3.8, 4) is 0 Å². The van der Waals surface area contributed by atoms with Crippen LogP contribution < -0.4 is 16.5 Å². The van der Waals surface area contributed by atoms with Gasteiger partial charge in [-0.15, -0.1) is 5.11 Å². The number of H-pyrrole nitrogens is 2. The van der Waals surface area contributed by atoms with Crippen LogP contribution in [-0.4, -0.2) is 19.7 Å². The summed E-state index contributed by atoms with van der Waals surface area (Å²) in [5.74, 6) is 0.532. The van der Waals surface area contributed by atoms with Gasteiger partial charge >= 0.3 is 0 Å². The first-order valence-corrected chi connectivity index (χ1v) is 10.7. The number of hydrogen-bond acceptors (Lipinski definition) is 6. The quantitative estimate of drug-likeness (QED) is 0.297. The Hall–Kier alpha value is -4.37. The Morgan fingerprint density at radius 2 is 1.76 bits per heavy atom. The summed E-state index contributed by atoms with van der Waals surface area (Å²) in [6, 6.07) is 17.4. The highest BCUT2D eigenvalue weighted by atomic mass is 35.5. The van der Waals surface area contributed by atoms with Crippen LogP contribution in [-0.2, 0) is 13.1 Å². The minimum atomic E-state index is -0.582. The summed E-state index contributed by atoms with van der Waals surface area (Å²) in [6.07, 6.45) is 1.65. The number of aromatic amines is 2. The standard InChI is InChI=1S/C24H17ClN6O3/c25-16-8-9-17-18(11-16)28-21-20(22(17)32)24(34)31(30-23(21)33)13-15-6-4-14(5-7-15)12-27-29-19-3-1-2-10-26-19/h1-11H,12-13H2,(H,28,32)(H,30,33). The first-order valence-electron chi connectivity index (χ1n) is 10.3. The summed E-state index contributed by atoms with van der Waals surface area (Å²) in [5, 5.41) is 11.3. The molecule has 0 saturated carbocycles. The molecule has 0 fully saturated rings. The lowest BCUT2D eigenvalue weighted by atomic mass is 10.1. The summed E-state index contributed by atoms with van der Waals surface area (Å²) in [7, 11) is 0. The normalized spacial score (nSPS) is 11.6. The number of aromatic nitrogens is 4. The van der Waals surface area contributed by atoms with E-state index in [0.29, 0.717) is 22.9 Å². The summed E-state index contributed by atoms with van der Waals surface area (Å²) in [6.45, 7) is 0.466. The predicted molar refractivity (Wildman–Crippen MR) is 130 cm³/mol. The fourth-order valence-corrected chi connectivity index (χ4v) is 3.82. The van der Waals surface area contributed by atoms with E-state index < -0.39 is 16.5 Å². The van der Waals surface area contributed by atoms with Crippen LogP contribution in [0.2, 0.25) is 5.02 Å². The highest BCUT2D eigenvalue weighted by Gasteiger charge is 2.15. The topological polar surface area (TPSA) is 125 Å². The van der Waals surface area contributed by atoms with Crippen LogP contribution in [0.4, 0.5) is 5.82 Å². The number of nitrogens with one attached hydrogen (secondary N) is 2. The predicted octanol–water partition coefficient (Wildman–Crippen LogP) is 3.91. The number of nitrogens with zero attached hydrogens (tertiary/aromatic N) is 4. The Morgan fingerprint density at radius 3 is 2.53 bits per heavy atom. The minimum Gasteiger partial charge on any atom is -0.350 e. The Labute approximate surface area is 196 Å². The fraction of sp³-hybridized carbons (Fsp3) is 0.0833. The van der Waals surface area contributed by atoms with E-state index in [-0.39, 0.29) is 22.8 Å². The molecule has 0 aliphatic rings. The van der Waals surface area contributed by atoms with Crippen molar-refractivity contribution in [3.63, 3.8) is 0 Å². The first kappa shape index (κ1) is 21.5. The van der Waals surface area contributed by atoms with E-state index in [1.807, 2.05) is 30.3 Å². The lowest BCUT2D eigenvalue weighted by Crippen LogP contribution is -2.34. The van der Waals surface area contributed by atoms with Crippen LogP contribution >= 0.6 is 11.6 Å². The lowest BCUT2D eigenvalue weighted by molar-refractivity contribution is 0.635. The van der Waals surface area contributed by atoms with Gasteiger partial charge in [0.2, 0.25) is 5.43 Å². The molecule has 2 N–H and O–H groups in total. The Balaban J connectivity index is 1.43. The van der Waals surface area contributed by atoms with Gasteiger partial charge in [0.1, 0.15) is 10.9 Å². The molecule has 3 heterocycles. The average Bonchev–Trinajstić information content (AvgIpc) is 2.84. The van der Waals surface area contributed by atoms with Crippen molar-refractivity contribution in [2.24, 2.45) is 10.2 Å². The largest absolute Gasteiger partial charge is 0.350 e. The maximum absolute atomic E-state index is 13.1. The van der Waals surface area contributed by atoms with Gasteiger partial charge in [-0.05, 0) is 41.5 Å². The molecule has 0 aliphatic heterocycles. The van der Waals surface area contributed by atoms with E-state index in [1.54, 1.807) is 30.5 Å². The van der Waals surface area contributed by atoms with E-state index in [0.717, 1.165) is 15.8 Å². The monoisotopic (exact) mass is 472 g/mol. The van der Waals surface area contributed by atoms with Gasteiger partial charge in [0.05, 0.1) is 18.6 Å². The smallest absolute Gasteiger partial charge is 0.287 e. The van der Waals surface area contributed by atoms with E-state index in [1.165, 1.54) is 6.07 Å². The van der Waals surface area contributed by atoms with Gasteiger partial charge in [0.15, 0.2) is 5.82 Å². The molecule has 5 aromatic rings. The highest BCUT2D eigenvalue weighted by Crippen LogP contribution is 2.16. The SMILES string of the molecule is O=c1[nH]n(Cc2ccc(CN=Nc3ccccn3)cc2)c(=O)c2c(=O)c3ccc(Cl)cc3[nH]c12. The maximum Gasteiger partial charge on any atom is 0.287 e. The van der Waals surface area contributed by atoms with E-state index >= 15 is 0 Å². The third kappa shape index (κ3) is 4.16. The molecule has 0 unspecified atom stereocenters. The molecule has 0 bridgehead atoms. The zero-order chi connectivity index (χ0) is 23.7. The molecule has 10 heteroatoms. The van der Waals surface area contributed by atoms with Gasteiger partial charge in [-0.3, -0.25) is 19.5 Å². The summed E-state index contributed by atoms with van der Waals surface area (Å²) >= 11 is 5.99. The van der Waals surface area contributed by atoms with Gasteiger partial charge in [-0.2, -0.15) is 5.11 Å². The second-order valence-electron chi connectivity index (χ2n) is 7.63. The molecular formula is C24H17ClN6O3. The second kappa shape index (κ2) is 8.87. The fourth-order valence-electron chi connectivity index (χ4n) is 3.65. The van der Waals surface area contributed by atoms with Gasteiger partial charge < -0.3 is 4.98 Å². The molecule has 9 nitrogen and oxygen atoms in total. The molecule has 2 aromatic carbocycles. The molecule has 5 rings (SSSR count). The van der Waals surface area contributed by atoms with Crippen molar-refractivity contribution in [3.05, 3.63) is 114 Å². The minimum absolute atomic E-state index is 0.0744. The van der Waals surface area contributed by atoms with Gasteiger partial charge in [0, 0.05) is 16.6 Å². The van der Waals surface area contributed by atoms with Crippen LogP contribution in [0.15, 0.2) is 91.5 Å². The van der Waals surface area contributed by atoms with Crippen molar-refractivity contribution in [1.29, 1.82) is 0 Å². The van der Waals surface area contributed by atoms with Crippen molar-refractivity contribution >= 4 is 39.2 Å². The van der Waals surface area contributed by atoms with Gasteiger partial charge in [-0.25, -0.2) is 9.67 Å². The molecule has 34 heavy (non-hydrogen) atoms. The zero-order valence-electron chi connectivity index (χ0n) is 17.7. The molecule has 168 valence electrons. The van der Waals surface area contributed by atoms with E-state index in [2.05, 4.69) is 25.3 Å². The van der Waals surface area contributed by atoms with Crippen LogP contribution in [0, 0.1) is 0 Å². The van der Waals surface area contributed by atoms with E-state index in [4.69, 9.17) is 11.6 Å². The Morgan fingerprint density at radius 1 is 0.971 bits per heavy atom. The van der Waals surface area contributed by atoms with Crippen LogP contribution in [0.5, 0.6) is 0 Å². The van der Waals surface area contributed by atoms with Gasteiger partial charge in [0.25, 0.3) is 11.1 Å². The number of azo groups is 1. The van der Waals surface area contributed by atoms with Crippen LogP contribution in [0.25, 0.3) is 21.8 Å². The molecule has 0 spiro atoms. The molecule has 0 amide bonds. The Bertz CT molecular complexity index is 1720. The summed E-state index contributed by atoms with van der Waals surface area (Å²) in [5.41, 5.74) is 0.342. The molecule has 3 aromatic heterocycles. The summed E-state index contributed by atoms with van der Waals surface area (Å²) < 4.78 is 1.14. The second-order valence-corrected chi connectivity index (χ2v) is 8.07. The van der Waals surface area contributed by atoms with Crippen molar-refractivity contribution in [2.75, 3.05) is 0 Å². The number of pyridine rings is 2. The van der Waals surface area contributed by atoms with Crippen molar-refractivity contribution < 1.29 is 0 Å². The lowest BCUT2D eigenvalue weighted by Gasteiger charge is -2.09.